The number of pyridine rings is 2. The maximum atomic E-state index is 5.70. The molecule has 7 nitrogen and oxygen atoms in total. The van der Waals surface area contributed by atoms with Crippen LogP contribution in [0, 0.1) is 0 Å². The van der Waals surface area contributed by atoms with Gasteiger partial charge in [0.25, 0.3) is 0 Å². The van der Waals surface area contributed by atoms with E-state index < -0.39 is 0 Å². The quantitative estimate of drug-likeness (QED) is 0.378. The Morgan fingerprint density at radius 1 is 0.771 bits per heavy atom. The highest BCUT2D eigenvalue weighted by molar-refractivity contribution is 5.73. The minimum Gasteiger partial charge on any atom is -0.494 e. The molecule has 0 spiro atoms. The van der Waals surface area contributed by atoms with E-state index in [0.717, 1.165) is 66.1 Å². The second kappa shape index (κ2) is 10.4. The third-order valence-corrected chi connectivity index (χ3v) is 6.19. The molecule has 0 radical (unpaired) electrons. The molecule has 7 heteroatoms. The van der Waals surface area contributed by atoms with Crippen molar-refractivity contribution in [3.8, 4) is 17.0 Å². The van der Waals surface area contributed by atoms with Crippen molar-refractivity contribution in [2.75, 3.05) is 55.9 Å². The van der Waals surface area contributed by atoms with Gasteiger partial charge in [-0.2, -0.15) is 0 Å². The summed E-state index contributed by atoms with van der Waals surface area (Å²) >= 11 is 0. The molecular formula is C28H30N6O. The lowest BCUT2D eigenvalue weighted by Gasteiger charge is -2.34. The van der Waals surface area contributed by atoms with Gasteiger partial charge in [0.1, 0.15) is 11.6 Å². The zero-order valence-electron chi connectivity index (χ0n) is 20.1. The Labute approximate surface area is 206 Å². The number of piperazine rings is 1. The predicted octanol–water partition coefficient (Wildman–Crippen LogP) is 5.39. The summed E-state index contributed by atoms with van der Waals surface area (Å²) < 4.78 is 5.70. The average molecular weight is 467 g/mol. The van der Waals surface area contributed by atoms with Crippen LogP contribution in [0.5, 0.6) is 5.75 Å². The molecular weight excluding hydrogens is 436 g/mol. The molecule has 1 saturated heterocycles. The van der Waals surface area contributed by atoms with Gasteiger partial charge in [-0.25, -0.2) is 4.98 Å². The zero-order valence-corrected chi connectivity index (χ0v) is 20.1. The summed E-state index contributed by atoms with van der Waals surface area (Å²) in [6, 6.07) is 24.4. The maximum Gasteiger partial charge on any atom is 0.144 e. The molecule has 5 rings (SSSR count). The number of methoxy groups -OCH3 is 1. The summed E-state index contributed by atoms with van der Waals surface area (Å²) in [6.45, 7) is 4.17. The molecule has 178 valence electrons. The van der Waals surface area contributed by atoms with Gasteiger partial charge in [0.15, 0.2) is 0 Å². The fourth-order valence-electron chi connectivity index (χ4n) is 4.22. The van der Waals surface area contributed by atoms with Gasteiger partial charge in [0, 0.05) is 73.3 Å². The fourth-order valence-corrected chi connectivity index (χ4v) is 4.22. The van der Waals surface area contributed by atoms with E-state index in [-0.39, 0.29) is 0 Å². The maximum absolute atomic E-state index is 5.70. The van der Waals surface area contributed by atoms with Gasteiger partial charge in [-0.15, -0.1) is 0 Å². The standard InChI is InChI=1S/C28H30N6O/c1-33-14-16-34(17-15-33)24-9-10-26(27(20-24)35-2)32-28-19-23(11-13-30-28)31-22-7-5-6-21(18-22)25-8-3-4-12-29-25/h3-13,18-20H,14-17H2,1-2H3,(H2,30,31,32). The molecule has 0 aliphatic carbocycles. The van der Waals surface area contributed by atoms with Crippen LogP contribution in [0.4, 0.5) is 28.6 Å². The highest BCUT2D eigenvalue weighted by Crippen LogP contribution is 2.33. The van der Waals surface area contributed by atoms with E-state index >= 15 is 0 Å². The molecule has 0 atom stereocenters. The number of hydrogen-bond acceptors (Lipinski definition) is 7. The van der Waals surface area contributed by atoms with E-state index in [9.17, 15) is 0 Å². The Morgan fingerprint density at radius 2 is 1.63 bits per heavy atom. The number of rotatable bonds is 7. The topological polar surface area (TPSA) is 65.6 Å². The number of aromatic nitrogens is 2. The Hall–Kier alpha value is -4.10. The van der Waals surface area contributed by atoms with Crippen molar-refractivity contribution < 1.29 is 4.74 Å². The molecule has 2 N–H and O–H groups in total. The first-order valence-electron chi connectivity index (χ1n) is 11.8. The average Bonchev–Trinajstić information content (AvgIpc) is 2.90. The lowest BCUT2D eigenvalue weighted by molar-refractivity contribution is 0.312. The number of benzene rings is 2. The molecule has 1 aliphatic rings. The first kappa shape index (κ1) is 22.7. The molecule has 35 heavy (non-hydrogen) atoms. The summed E-state index contributed by atoms with van der Waals surface area (Å²) in [4.78, 5) is 13.7. The van der Waals surface area contributed by atoms with Crippen molar-refractivity contribution >= 4 is 28.6 Å². The van der Waals surface area contributed by atoms with E-state index in [2.05, 4.69) is 67.8 Å². The van der Waals surface area contributed by atoms with Crippen LogP contribution in [0.3, 0.4) is 0 Å². The Balaban J connectivity index is 1.31. The van der Waals surface area contributed by atoms with Crippen LogP contribution in [0.25, 0.3) is 11.3 Å². The summed E-state index contributed by atoms with van der Waals surface area (Å²) in [5.74, 6) is 1.53. The van der Waals surface area contributed by atoms with E-state index in [4.69, 9.17) is 4.74 Å². The van der Waals surface area contributed by atoms with Crippen LogP contribution >= 0.6 is 0 Å². The Morgan fingerprint density at radius 3 is 2.43 bits per heavy atom. The summed E-state index contributed by atoms with van der Waals surface area (Å²) in [5, 5.41) is 6.89. The van der Waals surface area contributed by atoms with Gasteiger partial charge in [0.2, 0.25) is 0 Å². The second-order valence-electron chi connectivity index (χ2n) is 8.65. The first-order chi connectivity index (χ1) is 17.2. The molecule has 2 aromatic heterocycles. The molecule has 4 aromatic rings. The normalized spacial score (nSPS) is 13.9. The van der Waals surface area contributed by atoms with Gasteiger partial charge in [-0.05, 0) is 49.5 Å². The summed E-state index contributed by atoms with van der Waals surface area (Å²) in [5.41, 5.74) is 5.99. The van der Waals surface area contributed by atoms with Gasteiger partial charge >= 0.3 is 0 Å². The summed E-state index contributed by atoms with van der Waals surface area (Å²) in [6.07, 6.45) is 3.60. The van der Waals surface area contributed by atoms with Crippen molar-refractivity contribution in [2.24, 2.45) is 0 Å². The van der Waals surface area contributed by atoms with Crippen LogP contribution in [-0.2, 0) is 0 Å². The smallest absolute Gasteiger partial charge is 0.144 e. The molecule has 1 aliphatic heterocycles. The predicted molar refractivity (Wildman–Crippen MR) is 143 cm³/mol. The van der Waals surface area contributed by atoms with Crippen LogP contribution in [-0.4, -0.2) is 55.2 Å². The highest BCUT2D eigenvalue weighted by Gasteiger charge is 2.16. The number of nitrogens with one attached hydrogen (secondary N) is 2. The first-order valence-corrected chi connectivity index (χ1v) is 11.8. The van der Waals surface area contributed by atoms with Crippen LogP contribution in [0.1, 0.15) is 0 Å². The van der Waals surface area contributed by atoms with Crippen molar-refractivity contribution in [1.29, 1.82) is 0 Å². The number of likely N-dealkylation sites (N-methyl/N-ethyl adjacent to an activating group) is 1. The van der Waals surface area contributed by atoms with Crippen molar-refractivity contribution in [3.05, 3.63) is 85.2 Å². The SMILES string of the molecule is COc1cc(N2CCN(C)CC2)ccc1Nc1cc(Nc2cccc(-c3ccccn3)c2)ccn1. The number of nitrogens with zero attached hydrogens (tertiary/aromatic N) is 4. The van der Waals surface area contributed by atoms with E-state index in [0.29, 0.717) is 0 Å². The molecule has 0 unspecified atom stereocenters. The minimum absolute atomic E-state index is 0.738. The lowest BCUT2D eigenvalue weighted by atomic mass is 10.1. The van der Waals surface area contributed by atoms with E-state index in [1.807, 2.05) is 48.7 Å². The Bertz CT molecular complexity index is 1270. The Kier molecular flexibility index (Phi) is 6.77. The van der Waals surface area contributed by atoms with Crippen molar-refractivity contribution in [1.82, 2.24) is 14.9 Å². The van der Waals surface area contributed by atoms with E-state index in [1.54, 1.807) is 13.3 Å². The van der Waals surface area contributed by atoms with E-state index in [1.165, 1.54) is 5.69 Å². The molecule has 3 heterocycles. The minimum atomic E-state index is 0.738. The third kappa shape index (κ3) is 5.53. The van der Waals surface area contributed by atoms with Crippen molar-refractivity contribution in [3.63, 3.8) is 0 Å². The monoisotopic (exact) mass is 466 g/mol. The van der Waals surface area contributed by atoms with Crippen LogP contribution < -0.4 is 20.3 Å². The summed E-state index contributed by atoms with van der Waals surface area (Å²) in [7, 11) is 3.87. The fraction of sp³-hybridized carbons (Fsp3) is 0.214. The zero-order chi connectivity index (χ0) is 24.0. The highest BCUT2D eigenvalue weighted by atomic mass is 16.5. The van der Waals surface area contributed by atoms with Gasteiger partial charge in [-0.3, -0.25) is 4.98 Å². The van der Waals surface area contributed by atoms with Crippen molar-refractivity contribution in [2.45, 2.75) is 0 Å². The molecule has 0 bridgehead atoms. The third-order valence-electron chi connectivity index (χ3n) is 6.19. The van der Waals surface area contributed by atoms with Gasteiger partial charge in [-0.1, -0.05) is 18.2 Å². The molecule has 0 amide bonds. The largest absolute Gasteiger partial charge is 0.494 e. The number of ether oxygens (including phenoxy) is 1. The van der Waals surface area contributed by atoms with Crippen LogP contribution in [0.2, 0.25) is 0 Å². The van der Waals surface area contributed by atoms with Gasteiger partial charge in [0.05, 0.1) is 18.5 Å². The lowest BCUT2D eigenvalue weighted by Crippen LogP contribution is -2.44. The molecule has 0 saturated carbocycles. The second-order valence-corrected chi connectivity index (χ2v) is 8.65. The number of anilines is 5. The van der Waals surface area contributed by atoms with Gasteiger partial charge < -0.3 is 25.2 Å². The molecule has 2 aromatic carbocycles. The van der Waals surface area contributed by atoms with Crippen LogP contribution in [0.15, 0.2) is 85.2 Å². The molecule has 1 fully saturated rings. The number of hydrogen-bond donors (Lipinski definition) is 2.